The standard InChI is InChI=1S/C25H17F3N2/c26-25(27,28)21-10-4-9-20-23(19-8-5-11-22-18(19)12-13-29-22)17(15-30-24(20)21)14-16-6-2-1-3-7-16/h1-13,15,29H,14H2. The molecule has 0 aliphatic rings. The van der Waals surface area contributed by atoms with Gasteiger partial charge in [0.1, 0.15) is 0 Å². The number of aromatic amines is 1. The van der Waals surface area contributed by atoms with Gasteiger partial charge in [0.25, 0.3) is 0 Å². The summed E-state index contributed by atoms with van der Waals surface area (Å²) in [6, 6.07) is 21.9. The number of aromatic nitrogens is 2. The second-order valence-corrected chi connectivity index (χ2v) is 7.26. The number of pyridine rings is 1. The number of fused-ring (bicyclic) bond motifs is 2. The number of hydrogen-bond acceptors (Lipinski definition) is 1. The van der Waals surface area contributed by atoms with Crippen molar-refractivity contribution < 1.29 is 13.2 Å². The van der Waals surface area contributed by atoms with Crippen LogP contribution < -0.4 is 0 Å². The molecule has 0 saturated carbocycles. The number of H-pyrrole nitrogens is 1. The van der Waals surface area contributed by atoms with Gasteiger partial charge in [-0.2, -0.15) is 13.2 Å². The Morgan fingerprint density at radius 1 is 0.800 bits per heavy atom. The molecular formula is C25H17F3N2. The first kappa shape index (κ1) is 18.4. The van der Waals surface area contributed by atoms with E-state index in [9.17, 15) is 13.2 Å². The first-order valence-corrected chi connectivity index (χ1v) is 9.60. The Morgan fingerprint density at radius 2 is 1.60 bits per heavy atom. The minimum absolute atomic E-state index is 0.0237. The number of para-hydroxylation sites is 1. The van der Waals surface area contributed by atoms with E-state index in [1.54, 1.807) is 12.3 Å². The quantitative estimate of drug-likeness (QED) is 0.346. The number of halogens is 3. The Bertz CT molecular complexity index is 1350. The van der Waals surface area contributed by atoms with Gasteiger partial charge in [-0.3, -0.25) is 4.98 Å². The number of benzene rings is 3. The highest BCUT2D eigenvalue weighted by Crippen LogP contribution is 2.40. The van der Waals surface area contributed by atoms with E-state index in [0.717, 1.165) is 39.2 Å². The smallest absolute Gasteiger partial charge is 0.361 e. The van der Waals surface area contributed by atoms with Gasteiger partial charge in [-0.05, 0) is 46.9 Å². The van der Waals surface area contributed by atoms with Crippen LogP contribution in [-0.4, -0.2) is 9.97 Å². The molecule has 148 valence electrons. The van der Waals surface area contributed by atoms with E-state index in [0.29, 0.717) is 11.8 Å². The number of rotatable bonds is 3. The highest BCUT2D eigenvalue weighted by Gasteiger charge is 2.33. The minimum atomic E-state index is -4.47. The van der Waals surface area contributed by atoms with Crippen molar-refractivity contribution in [3.8, 4) is 11.1 Å². The summed E-state index contributed by atoms with van der Waals surface area (Å²) in [5, 5.41) is 1.48. The zero-order valence-corrected chi connectivity index (χ0v) is 15.9. The molecule has 0 unspecified atom stereocenters. The topological polar surface area (TPSA) is 28.7 Å². The van der Waals surface area contributed by atoms with E-state index >= 15 is 0 Å². The first-order valence-electron chi connectivity index (χ1n) is 9.60. The van der Waals surface area contributed by atoms with E-state index < -0.39 is 11.7 Å². The van der Waals surface area contributed by atoms with Crippen LogP contribution in [-0.2, 0) is 12.6 Å². The van der Waals surface area contributed by atoms with Crippen molar-refractivity contribution in [2.75, 3.05) is 0 Å². The average molecular weight is 402 g/mol. The van der Waals surface area contributed by atoms with Gasteiger partial charge in [0, 0.05) is 28.7 Å². The number of hydrogen-bond donors (Lipinski definition) is 1. The molecule has 0 radical (unpaired) electrons. The summed E-state index contributed by atoms with van der Waals surface area (Å²) in [6.45, 7) is 0. The fourth-order valence-electron chi connectivity index (χ4n) is 4.06. The van der Waals surface area contributed by atoms with Crippen LogP contribution in [0, 0.1) is 0 Å². The second-order valence-electron chi connectivity index (χ2n) is 7.26. The molecule has 0 spiro atoms. The average Bonchev–Trinajstić information content (AvgIpc) is 3.22. The molecule has 2 nitrogen and oxygen atoms in total. The third kappa shape index (κ3) is 3.12. The summed E-state index contributed by atoms with van der Waals surface area (Å²) in [7, 11) is 0. The van der Waals surface area contributed by atoms with Crippen LogP contribution in [0.5, 0.6) is 0 Å². The molecule has 3 aromatic carbocycles. The third-order valence-corrected chi connectivity index (χ3v) is 5.38. The predicted molar refractivity (Wildman–Crippen MR) is 113 cm³/mol. The lowest BCUT2D eigenvalue weighted by Gasteiger charge is -2.17. The molecule has 0 aliphatic carbocycles. The Kier molecular flexibility index (Phi) is 4.31. The highest BCUT2D eigenvalue weighted by atomic mass is 19.4. The molecule has 30 heavy (non-hydrogen) atoms. The van der Waals surface area contributed by atoms with Crippen molar-refractivity contribution in [3.63, 3.8) is 0 Å². The zero-order chi connectivity index (χ0) is 20.7. The van der Waals surface area contributed by atoms with Crippen molar-refractivity contribution >= 4 is 21.8 Å². The molecular weight excluding hydrogens is 385 g/mol. The molecule has 5 rings (SSSR count). The Balaban J connectivity index is 1.84. The largest absolute Gasteiger partial charge is 0.418 e. The van der Waals surface area contributed by atoms with Crippen LogP contribution in [0.4, 0.5) is 13.2 Å². The third-order valence-electron chi connectivity index (χ3n) is 5.38. The van der Waals surface area contributed by atoms with E-state index in [1.165, 1.54) is 6.07 Å². The molecule has 0 amide bonds. The van der Waals surface area contributed by atoms with Crippen LogP contribution in [0.3, 0.4) is 0 Å². The molecule has 1 N–H and O–H groups in total. The lowest BCUT2D eigenvalue weighted by atomic mass is 9.90. The van der Waals surface area contributed by atoms with Gasteiger partial charge < -0.3 is 4.98 Å². The fourth-order valence-corrected chi connectivity index (χ4v) is 4.06. The summed E-state index contributed by atoms with van der Waals surface area (Å²) < 4.78 is 41.0. The van der Waals surface area contributed by atoms with Crippen LogP contribution in [0.25, 0.3) is 32.9 Å². The molecule has 0 bridgehead atoms. The SMILES string of the molecule is FC(F)(F)c1cccc2c(-c3cccc4[nH]ccc34)c(Cc3ccccc3)cnc12. The van der Waals surface area contributed by atoms with Gasteiger partial charge in [0.05, 0.1) is 11.1 Å². The van der Waals surface area contributed by atoms with E-state index in [4.69, 9.17) is 0 Å². The molecule has 0 aliphatic heterocycles. The van der Waals surface area contributed by atoms with Crippen molar-refractivity contribution in [2.24, 2.45) is 0 Å². The fraction of sp³-hybridized carbons (Fsp3) is 0.0800. The maximum absolute atomic E-state index is 13.7. The molecule has 2 heterocycles. The van der Waals surface area contributed by atoms with Crippen LogP contribution >= 0.6 is 0 Å². The Hall–Kier alpha value is -3.60. The van der Waals surface area contributed by atoms with Crippen LogP contribution in [0.2, 0.25) is 0 Å². The predicted octanol–water partition coefficient (Wildman–Crippen LogP) is 6.99. The maximum atomic E-state index is 13.7. The summed E-state index contributed by atoms with van der Waals surface area (Å²) in [5.74, 6) is 0. The van der Waals surface area contributed by atoms with Crippen LogP contribution in [0.15, 0.2) is 85.2 Å². The van der Waals surface area contributed by atoms with E-state index in [1.807, 2.05) is 60.8 Å². The monoisotopic (exact) mass is 402 g/mol. The summed E-state index contributed by atoms with van der Waals surface area (Å²) in [6.07, 6.45) is -0.456. The zero-order valence-electron chi connectivity index (χ0n) is 15.9. The highest BCUT2D eigenvalue weighted by molar-refractivity contribution is 6.05. The number of alkyl halides is 3. The van der Waals surface area contributed by atoms with Gasteiger partial charge >= 0.3 is 6.18 Å². The summed E-state index contributed by atoms with van der Waals surface area (Å²) in [4.78, 5) is 7.46. The first-order chi connectivity index (χ1) is 14.5. The molecule has 5 heteroatoms. The van der Waals surface area contributed by atoms with Gasteiger partial charge in [0.2, 0.25) is 0 Å². The van der Waals surface area contributed by atoms with Crippen LogP contribution in [0.1, 0.15) is 16.7 Å². The van der Waals surface area contributed by atoms with Crippen molar-refractivity contribution in [2.45, 2.75) is 12.6 Å². The van der Waals surface area contributed by atoms with Crippen molar-refractivity contribution in [1.29, 1.82) is 0 Å². The van der Waals surface area contributed by atoms with Crippen molar-refractivity contribution in [1.82, 2.24) is 9.97 Å². The number of nitrogens with one attached hydrogen (secondary N) is 1. The normalized spacial score (nSPS) is 12.0. The molecule has 0 saturated heterocycles. The number of nitrogens with zero attached hydrogens (tertiary/aromatic N) is 1. The van der Waals surface area contributed by atoms with Gasteiger partial charge in [0.15, 0.2) is 0 Å². The molecule has 5 aromatic rings. The lowest BCUT2D eigenvalue weighted by Crippen LogP contribution is -2.07. The summed E-state index contributed by atoms with van der Waals surface area (Å²) in [5.41, 5.74) is 3.86. The van der Waals surface area contributed by atoms with Gasteiger partial charge in [-0.1, -0.05) is 54.6 Å². The van der Waals surface area contributed by atoms with Gasteiger partial charge in [-0.15, -0.1) is 0 Å². The second kappa shape index (κ2) is 7.02. The molecule has 0 fully saturated rings. The minimum Gasteiger partial charge on any atom is -0.361 e. The summed E-state index contributed by atoms with van der Waals surface area (Å²) >= 11 is 0. The Labute approximate surface area is 171 Å². The van der Waals surface area contributed by atoms with Crippen molar-refractivity contribution in [3.05, 3.63) is 102 Å². The lowest BCUT2D eigenvalue weighted by molar-refractivity contribution is -0.136. The van der Waals surface area contributed by atoms with E-state index in [-0.39, 0.29) is 5.52 Å². The molecule has 2 aromatic heterocycles. The van der Waals surface area contributed by atoms with E-state index in [2.05, 4.69) is 9.97 Å². The van der Waals surface area contributed by atoms with Gasteiger partial charge in [-0.25, -0.2) is 0 Å². The maximum Gasteiger partial charge on any atom is 0.418 e. The Morgan fingerprint density at radius 3 is 2.40 bits per heavy atom. The molecule has 0 atom stereocenters.